The number of hydrogen-bond acceptors (Lipinski definition) is 6. The van der Waals surface area contributed by atoms with Crippen LogP contribution in [0.3, 0.4) is 0 Å². The number of benzene rings is 1. The molecular weight excluding hydrogens is 230 g/mol. The van der Waals surface area contributed by atoms with Crippen LogP contribution in [0.5, 0.6) is 17.2 Å². The number of ether oxygens (including phenoxy) is 2. The number of nitrogens with zero attached hydrogens (tertiary/aromatic N) is 1. The third-order valence-corrected chi connectivity index (χ3v) is 2.04. The van der Waals surface area contributed by atoms with Gasteiger partial charge in [-0.25, -0.2) is 0 Å². The number of carbonyl (C=O) groups excluding carboxylic acids is 1. The summed E-state index contributed by atoms with van der Waals surface area (Å²) in [6.07, 6.45) is 0.289. The summed E-state index contributed by atoms with van der Waals surface area (Å²) >= 11 is 0. The van der Waals surface area contributed by atoms with E-state index in [-0.39, 0.29) is 30.0 Å². The maximum atomic E-state index is 10.9. The largest absolute Gasteiger partial charge is 0.507 e. The lowest BCUT2D eigenvalue weighted by atomic mass is 10.1. The van der Waals surface area contributed by atoms with Crippen molar-refractivity contribution in [3.8, 4) is 17.2 Å². The molecule has 1 aromatic rings. The van der Waals surface area contributed by atoms with E-state index >= 15 is 0 Å². The average Bonchev–Trinajstić information content (AvgIpc) is 2.27. The number of nitro groups is 1. The highest BCUT2D eigenvalue weighted by Crippen LogP contribution is 2.43. The van der Waals surface area contributed by atoms with Crippen molar-refractivity contribution < 1.29 is 24.3 Å². The number of phenols is 1. The van der Waals surface area contributed by atoms with Gasteiger partial charge in [0.25, 0.3) is 0 Å². The van der Waals surface area contributed by atoms with Crippen LogP contribution in [0.15, 0.2) is 6.07 Å². The lowest BCUT2D eigenvalue weighted by molar-refractivity contribution is -0.386. The van der Waals surface area contributed by atoms with E-state index in [2.05, 4.69) is 0 Å². The number of aromatic hydroxyl groups is 1. The standard InChI is InChI=1S/C10H11NO6/c1-3-17-8-4-7(13)6(5-12)10(16-2)9(8)11(14)15/h4-5,13H,3H2,1-2H3. The summed E-state index contributed by atoms with van der Waals surface area (Å²) in [5.74, 6) is -0.878. The van der Waals surface area contributed by atoms with Gasteiger partial charge in [-0.15, -0.1) is 0 Å². The van der Waals surface area contributed by atoms with Crippen LogP contribution in [-0.4, -0.2) is 30.0 Å². The third-order valence-electron chi connectivity index (χ3n) is 2.04. The summed E-state index contributed by atoms with van der Waals surface area (Å²) in [5, 5.41) is 20.4. The molecule has 0 atom stereocenters. The van der Waals surface area contributed by atoms with Crippen LogP contribution in [0.25, 0.3) is 0 Å². The average molecular weight is 241 g/mol. The highest BCUT2D eigenvalue weighted by molar-refractivity contribution is 5.88. The molecule has 0 unspecified atom stereocenters. The van der Waals surface area contributed by atoms with Crippen molar-refractivity contribution in [2.24, 2.45) is 0 Å². The smallest absolute Gasteiger partial charge is 0.353 e. The number of hydrogen-bond donors (Lipinski definition) is 1. The molecule has 0 bridgehead atoms. The van der Waals surface area contributed by atoms with Gasteiger partial charge in [0.2, 0.25) is 11.5 Å². The molecule has 0 amide bonds. The van der Waals surface area contributed by atoms with Gasteiger partial charge in [0.1, 0.15) is 11.3 Å². The zero-order valence-electron chi connectivity index (χ0n) is 9.30. The maximum absolute atomic E-state index is 10.9. The maximum Gasteiger partial charge on any atom is 0.353 e. The molecule has 0 aliphatic carbocycles. The molecule has 0 aliphatic heterocycles. The molecule has 0 saturated carbocycles. The van der Waals surface area contributed by atoms with E-state index in [0.717, 1.165) is 6.07 Å². The minimum Gasteiger partial charge on any atom is -0.507 e. The Morgan fingerprint density at radius 1 is 1.59 bits per heavy atom. The highest BCUT2D eigenvalue weighted by atomic mass is 16.6. The molecule has 1 aromatic carbocycles. The Hall–Kier alpha value is -2.31. The normalized spacial score (nSPS) is 9.76. The van der Waals surface area contributed by atoms with Gasteiger partial charge in [-0.05, 0) is 6.92 Å². The van der Waals surface area contributed by atoms with Gasteiger partial charge in [0.05, 0.1) is 18.6 Å². The van der Waals surface area contributed by atoms with Crippen LogP contribution in [0, 0.1) is 10.1 Å². The fraction of sp³-hybridized carbons (Fsp3) is 0.300. The van der Waals surface area contributed by atoms with Gasteiger partial charge in [0, 0.05) is 6.07 Å². The van der Waals surface area contributed by atoms with E-state index in [9.17, 15) is 20.0 Å². The first kappa shape index (κ1) is 12.8. The zero-order chi connectivity index (χ0) is 13.0. The van der Waals surface area contributed by atoms with E-state index in [4.69, 9.17) is 9.47 Å². The number of nitro benzene ring substituents is 1. The molecular formula is C10H11NO6. The van der Waals surface area contributed by atoms with Crippen LogP contribution in [0.4, 0.5) is 5.69 Å². The summed E-state index contributed by atoms with van der Waals surface area (Å²) in [5.41, 5.74) is -0.753. The number of phenolic OH excluding ortho intramolecular Hbond substituents is 1. The van der Waals surface area contributed by atoms with Gasteiger partial charge < -0.3 is 14.6 Å². The Labute approximate surface area is 96.7 Å². The second-order valence-electron chi connectivity index (χ2n) is 3.00. The molecule has 1 rings (SSSR count). The topological polar surface area (TPSA) is 98.9 Å². The fourth-order valence-corrected chi connectivity index (χ4v) is 1.38. The number of carbonyl (C=O) groups is 1. The Bertz CT molecular complexity index is 457. The Morgan fingerprint density at radius 3 is 2.65 bits per heavy atom. The first-order valence-corrected chi connectivity index (χ1v) is 4.73. The quantitative estimate of drug-likeness (QED) is 0.476. The summed E-state index contributed by atoms with van der Waals surface area (Å²) in [7, 11) is 1.17. The molecule has 0 radical (unpaired) electrons. The van der Waals surface area contributed by atoms with Crippen LogP contribution >= 0.6 is 0 Å². The molecule has 0 aromatic heterocycles. The van der Waals surface area contributed by atoms with Crippen molar-refractivity contribution in [3.05, 3.63) is 21.7 Å². The van der Waals surface area contributed by atoms with E-state index in [0.29, 0.717) is 0 Å². The highest BCUT2D eigenvalue weighted by Gasteiger charge is 2.28. The lowest BCUT2D eigenvalue weighted by Crippen LogP contribution is -2.02. The van der Waals surface area contributed by atoms with Crippen LogP contribution in [-0.2, 0) is 0 Å². The predicted octanol–water partition coefficient (Wildman–Crippen LogP) is 1.52. The summed E-state index contributed by atoms with van der Waals surface area (Å²) < 4.78 is 9.81. The molecule has 92 valence electrons. The minimum absolute atomic E-state index is 0.141. The SMILES string of the molecule is CCOc1cc(O)c(C=O)c(OC)c1[N+](=O)[O-]. The van der Waals surface area contributed by atoms with Crippen molar-refractivity contribution in [2.45, 2.75) is 6.92 Å². The fourth-order valence-electron chi connectivity index (χ4n) is 1.38. The summed E-state index contributed by atoms with van der Waals surface area (Å²) in [6.45, 7) is 1.82. The second-order valence-corrected chi connectivity index (χ2v) is 3.00. The minimum atomic E-state index is -0.726. The molecule has 0 saturated heterocycles. The van der Waals surface area contributed by atoms with Crippen molar-refractivity contribution in [1.82, 2.24) is 0 Å². The first-order chi connectivity index (χ1) is 8.06. The first-order valence-electron chi connectivity index (χ1n) is 4.73. The van der Waals surface area contributed by atoms with Crippen molar-refractivity contribution >= 4 is 12.0 Å². The van der Waals surface area contributed by atoms with Gasteiger partial charge in [-0.2, -0.15) is 0 Å². The van der Waals surface area contributed by atoms with Gasteiger partial charge in [-0.1, -0.05) is 0 Å². The third kappa shape index (κ3) is 2.27. The van der Waals surface area contributed by atoms with Gasteiger partial charge in [0.15, 0.2) is 6.29 Å². The summed E-state index contributed by atoms with van der Waals surface area (Å²) in [4.78, 5) is 20.9. The van der Waals surface area contributed by atoms with E-state index in [1.165, 1.54) is 7.11 Å². The number of rotatable bonds is 5. The van der Waals surface area contributed by atoms with E-state index in [1.807, 2.05) is 0 Å². The van der Waals surface area contributed by atoms with Crippen LogP contribution in [0.2, 0.25) is 0 Å². The van der Waals surface area contributed by atoms with E-state index in [1.54, 1.807) is 6.92 Å². The molecule has 0 aliphatic rings. The van der Waals surface area contributed by atoms with Crippen molar-refractivity contribution in [1.29, 1.82) is 0 Å². The Kier molecular flexibility index (Phi) is 3.86. The summed E-state index contributed by atoms with van der Waals surface area (Å²) in [6, 6.07) is 1.02. The molecule has 1 N–H and O–H groups in total. The molecule has 7 heteroatoms. The second kappa shape index (κ2) is 5.15. The molecule has 7 nitrogen and oxygen atoms in total. The lowest BCUT2D eigenvalue weighted by Gasteiger charge is -2.10. The van der Waals surface area contributed by atoms with E-state index < -0.39 is 16.4 Å². The van der Waals surface area contributed by atoms with Crippen molar-refractivity contribution in [3.63, 3.8) is 0 Å². The number of methoxy groups -OCH3 is 1. The molecule has 17 heavy (non-hydrogen) atoms. The predicted molar refractivity (Wildman–Crippen MR) is 57.9 cm³/mol. The van der Waals surface area contributed by atoms with Crippen molar-refractivity contribution in [2.75, 3.05) is 13.7 Å². The van der Waals surface area contributed by atoms with Crippen LogP contribution in [0.1, 0.15) is 17.3 Å². The van der Waals surface area contributed by atoms with Gasteiger partial charge in [-0.3, -0.25) is 14.9 Å². The molecule has 0 spiro atoms. The van der Waals surface area contributed by atoms with Crippen LogP contribution < -0.4 is 9.47 Å². The molecule has 0 heterocycles. The zero-order valence-corrected chi connectivity index (χ0v) is 9.30. The monoisotopic (exact) mass is 241 g/mol. The Morgan fingerprint density at radius 2 is 2.24 bits per heavy atom. The number of aldehydes is 1. The Balaban J connectivity index is 3.58. The molecule has 0 fully saturated rings. The van der Waals surface area contributed by atoms with Gasteiger partial charge >= 0.3 is 5.69 Å².